The minimum absolute atomic E-state index is 0.128. The Morgan fingerprint density at radius 1 is 1.06 bits per heavy atom. The number of rotatable bonds is 6. The third-order valence-electron chi connectivity index (χ3n) is 5.91. The number of anilines is 2. The Labute approximate surface area is 214 Å². The number of aryl methyl sites for hydroxylation is 1. The highest BCUT2D eigenvalue weighted by Gasteiger charge is 2.21. The van der Waals surface area contributed by atoms with Crippen molar-refractivity contribution in [2.45, 2.75) is 17.5 Å². The van der Waals surface area contributed by atoms with Crippen molar-refractivity contribution in [3.05, 3.63) is 61.5 Å². The van der Waals surface area contributed by atoms with E-state index < -0.39 is 11.2 Å². The molecule has 2 N–H and O–H groups in total. The summed E-state index contributed by atoms with van der Waals surface area (Å²) in [4.78, 5) is 45.5. The Hall–Kier alpha value is -3.42. The van der Waals surface area contributed by atoms with E-state index in [0.717, 1.165) is 10.1 Å². The molecule has 4 heterocycles. The van der Waals surface area contributed by atoms with Crippen molar-refractivity contribution in [3.8, 4) is 0 Å². The Kier molecular flexibility index (Phi) is 6.69. The number of nitrogens with zero attached hydrogens (tertiary/aromatic N) is 8. The monoisotopic (exact) mass is 529 g/mol. The lowest BCUT2D eigenvalue weighted by Gasteiger charge is -2.26. The van der Waals surface area contributed by atoms with Gasteiger partial charge in [-0.05, 0) is 11.6 Å². The van der Waals surface area contributed by atoms with Crippen LogP contribution in [-0.2, 0) is 31.1 Å². The van der Waals surface area contributed by atoms with Crippen LogP contribution in [0.5, 0.6) is 0 Å². The number of morpholine rings is 1. The maximum absolute atomic E-state index is 13.1. The second-order valence-corrected chi connectivity index (χ2v) is 9.60. The third-order valence-corrected chi connectivity index (χ3v) is 7.25. The number of benzene rings is 1. The number of hydrogen-bond acceptors (Lipinski definition) is 10. The molecule has 0 unspecified atom stereocenters. The standard InChI is InChI=1S/C22H24ClN9O3S/c1-29-17-16(18(33)30(2)22(29)34)32(11-13-5-3-4-6-14(13)23)21(27-17)36-12-15-25-19(24)28-20(26-15)31-7-9-35-10-8-31/h3-6H,7-12H2,1-2H3,(H2,24,25,26,28). The third kappa shape index (κ3) is 4.56. The number of ether oxygens (including phenoxy) is 1. The summed E-state index contributed by atoms with van der Waals surface area (Å²) in [5.74, 6) is 1.43. The summed E-state index contributed by atoms with van der Waals surface area (Å²) in [5, 5.41) is 1.09. The number of hydrogen-bond donors (Lipinski definition) is 1. The number of thioether (sulfide) groups is 1. The van der Waals surface area contributed by atoms with Crippen molar-refractivity contribution in [1.29, 1.82) is 0 Å². The zero-order valence-electron chi connectivity index (χ0n) is 19.7. The van der Waals surface area contributed by atoms with Crippen molar-refractivity contribution in [3.63, 3.8) is 0 Å². The van der Waals surface area contributed by atoms with E-state index in [1.807, 2.05) is 23.1 Å². The molecule has 3 aromatic heterocycles. The van der Waals surface area contributed by atoms with Gasteiger partial charge in [0.1, 0.15) is 5.82 Å². The first-order valence-corrected chi connectivity index (χ1v) is 12.6. The first-order chi connectivity index (χ1) is 17.3. The average molecular weight is 530 g/mol. The smallest absolute Gasteiger partial charge is 0.332 e. The molecule has 0 spiro atoms. The van der Waals surface area contributed by atoms with Gasteiger partial charge in [-0.15, -0.1) is 0 Å². The van der Waals surface area contributed by atoms with Crippen molar-refractivity contribution < 1.29 is 4.74 Å². The maximum Gasteiger partial charge on any atom is 0.332 e. The summed E-state index contributed by atoms with van der Waals surface area (Å²) in [7, 11) is 3.04. The largest absolute Gasteiger partial charge is 0.378 e. The fourth-order valence-corrected chi connectivity index (χ4v) is 5.05. The lowest BCUT2D eigenvalue weighted by Crippen LogP contribution is -2.37. The second kappa shape index (κ2) is 9.91. The summed E-state index contributed by atoms with van der Waals surface area (Å²) in [6, 6.07) is 7.39. The molecule has 1 aliphatic rings. The van der Waals surface area contributed by atoms with Gasteiger partial charge in [0.05, 0.1) is 25.5 Å². The molecular weight excluding hydrogens is 506 g/mol. The predicted octanol–water partition coefficient (Wildman–Crippen LogP) is 1.03. The van der Waals surface area contributed by atoms with Gasteiger partial charge in [0.2, 0.25) is 11.9 Å². The first-order valence-electron chi connectivity index (χ1n) is 11.2. The SMILES string of the molecule is Cn1c(=O)c2c(nc(SCc3nc(N)nc(N4CCOCC4)n3)n2Cc2ccccc2Cl)n(C)c1=O. The summed E-state index contributed by atoms with van der Waals surface area (Å²) in [5.41, 5.74) is 6.51. The zero-order valence-corrected chi connectivity index (χ0v) is 21.3. The van der Waals surface area contributed by atoms with Crippen LogP contribution < -0.4 is 21.9 Å². The van der Waals surface area contributed by atoms with Crippen LogP contribution in [0.2, 0.25) is 5.02 Å². The van der Waals surface area contributed by atoms with E-state index in [2.05, 4.69) is 19.9 Å². The number of imidazole rings is 1. The number of aromatic nitrogens is 7. The van der Waals surface area contributed by atoms with Crippen LogP contribution in [-0.4, -0.2) is 59.9 Å². The van der Waals surface area contributed by atoms with Crippen LogP contribution in [0.3, 0.4) is 0 Å². The molecular formula is C22H24ClN9O3S. The maximum atomic E-state index is 13.1. The van der Waals surface area contributed by atoms with Gasteiger partial charge >= 0.3 is 5.69 Å². The topological polar surface area (TPSA) is 139 Å². The molecule has 0 saturated carbocycles. The summed E-state index contributed by atoms with van der Waals surface area (Å²) in [6.07, 6.45) is 0. The van der Waals surface area contributed by atoms with Crippen molar-refractivity contribution in [2.75, 3.05) is 36.9 Å². The van der Waals surface area contributed by atoms with Gasteiger partial charge in [-0.1, -0.05) is 41.6 Å². The quantitative estimate of drug-likeness (QED) is 0.360. The van der Waals surface area contributed by atoms with Gasteiger partial charge in [0.15, 0.2) is 16.3 Å². The average Bonchev–Trinajstić information content (AvgIpc) is 3.24. The number of nitrogen functional groups attached to an aromatic ring is 1. The molecule has 0 bridgehead atoms. The molecule has 36 heavy (non-hydrogen) atoms. The fourth-order valence-electron chi connectivity index (χ4n) is 4.00. The lowest BCUT2D eigenvalue weighted by molar-refractivity contribution is 0.122. The van der Waals surface area contributed by atoms with Crippen LogP contribution in [0.25, 0.3) is 11.2 Å². The van der Waals surface area contributed by atoms with Crippen molar-refractivity contribution >= 4 is 46.4 Å². The van der Waals surface area contributed by atoms with E-state index in [1.54, 1.807) is 17.7 Å². The van der Waals surface area contributed by atoms with Gasteiger partial charge in [-0.25, -0.2) is 9.78 Å². The van der Waals surface area contributed by atoms with Gasteiger partial charge in [-0.2, -0.15) is 15.0 Å². The van der Waals surface area contributed by atoms with E-state index in [-0.39, 0.29) is 5.95 Å². The van der Waals surface area contributed by atoms with E-state index in [4.69, 9.17) is 22.1 Å². The van der Waals surface area contributed by atoms with Crippen molar-refractivity contribution in [2.24, 2.45) is 14.1 Å². The normalized spacial score (nSPS) is 14.0. The van der Waals surface area contributed by atoms with Crippen LogP contribution in [0.4, 0.5) is 11.9 Å². The van der Waals surface area contributed by atoms with Crippen LogP contribution in [0.15, 0.2) is 39.0 Å². The molecule has 1 fully saturated rings. The molecule has 0 atom stereocenters. The number of halogens is 1. The highest BCUT2D eigenvalue weighted by Crippen LogP contribution is 2.27. The number of nitrogens with two attached hydrogens (primary N) is 1. The fraction of sp³-hybridized carbons (Fsp3) is 0.364. The summed E-state index contributed by atoms with van der Waals surface area (Å²) in [6.45, 7) is 2.82. The molecule has 14 heteroatoms. The van der Waals surface area contributed by atoms with Crippen LogP contribution in [0, 0.1) is 0 Å². The minimum atomic E-state index is -0.452. The molecule has 4 aromatic rings. The molecule has 1 aromatic carbocycles. The van der Waals surface area contributed by atoms with Gasteiger partial charge in [0.25, 0.3) is 5.56 Å². The number of fused-ring (bicyclic) bond motifs is 1. The van der Waals surface area contributed by atoms with Crippen LogP contribution in [0.1, 0.15) is 11.4 Å². The van der Waals surface area contributed by atoms with Gasteiger partial charge in [-0.3, -0.25) is 13.9 Å². The highest BCUT2D eigenvalue weighted by molar-refractivity contribution is 7.98. The lowest BCUT2D eigenvalue weighted by atomic mass is 10.2. The Morgan fingerprint density at radius 3 is 2.56 bits per heavy atom. The predicted molar refractivity (Wildman–Crippen MR) is 138 cm³/mol. The molecule has 188 valence electrons. The first kappa shape index (κ1) is 24.3. The van der Waals surface area contributed by atoms with E-state index in [9.17, 15) is 9.59 Å². The Bertz CT molecular complexity index is 1560. The minimum Gasteiger partial charge on any atom is -0.378 e. The van der Waals surface area contributed by atoms with Gasteiger partial charge < -0.3 is 19.9 Å². The summed E-state index contributed by atoms with van der Waals surface area (Å²) >= 11 is 7.76. The molecule has 1 aliphatic heterocycles. The highest BCUT2D eigenvalue weighted by atomic mass is 35.5. The van der Waals surface area contributed by atoms with E-state index in [0.29, 0.717) is 71.7 Å². The summed E-state index contributed by atoms with van der Waals surface area (Å²) < 4.78 is 9.61. The molecule has 5 rings (SSSR count). The zero-order chi connectivity index (χ0) is 25.4. The molecule has 0 aliphatic carbocycles. The van der Waals surface area contributed by atoms with Crippen LogP contribution >= 0.6 is 23.4 Å². The Balaban J connectivity index is 1.54. The molecule has 0 radical (unpaired) electrons. The van der Waals surface area contributed by atoms with Gasteiger partial charge in [0, 0.05) is 32.2 Å². The molecule has 12 nitrogen and oxygen atoms in total. The molecule has 0 amide bonds. The Morgan fingerprint density at radius 2 is 1.81 bits per heavy atom. The molecule has 1 saturated heterocycles. The van der Waals surface area contributed by atoms with E-state index >= 15 is 0 Å². The second-order valence-electron chi connectivity index (χ2n) is 8.25. The van der Waals surface area contributed by atoms with Crippen molar-refractivity contribution in [1.82, 2.24) is 33.6 Å². The van der Waals surface area contributed by atoms with E-state index in [1.165, 1.54) is 23.4 Å².